The van der Waals surface area contributed by atoms with Crippen molar-refractivity contribution in [3.8, 4) is 5.69 Å². The zero-order valence-corrected chi connectivity index (χ0v) is 18.6. The number of benzene rings is 1. The molecule has 2 aromatic heterocycles. The summed E-state index contributed by atoms with van der Waals surface area (Å²) in [6, 6.07) is 8.35. The van der Waals surface area contributed by atoms with E-state index in [0.717, 1.165) is 40.5 Å². The Balaban J connectivity index is 1.43. The number of hydrogen-bond acceptors (Lipinski definition) is 5. The third-order valence-corrected chi connectivity index (χ3v) is 7.37. The topological polar surface area (TPSA) is 90.0 Å². The molecule has 4 rings (SSSR count). The van der Waals surface area contributed by atoms with Crippen molar-refractivity contribution < 1.29 is 9.59 Å². The molecule has 156 valence electrons. The van der Waals surface area contributed by atoms with E-state index >= 15 is 0 Å². The Morgan fingerprint density at radius 3 is 2.73 bits per heavy atom. The molecule has 0 saturated carbocycles. The number of fused-ring (bicyclic) bond motifs is 1. The smallest absolute Gasteiger partial charge is 0.251 e. The van der Waals surface area contributed by atoms with Crippen LogP contribution in [0.4, 0.5) is 5.00 Å². The van der Waals surface area contributed by atoms with E-state index in [9.17, 15) is 9.59 Å². The zero-order chi connectivity index (χ0) is 21.3. The summed E-state index contributed by atoms with van der Waals surface area (Å²) in [6.45, 7) is 4.33. The van der Waals surface area contributed by atoms with Gasteiger partial charge in [0.2, 0.25) is 5.91 Å². The minimum absolute atomic E-state index is 0.174. The maximum Gasteiger partial charge on any atom is 0.251 e. The van der Waals surface area contributed by atoms with Gasteiger partial charge < -0.3 is 11.1 Å². The van der Waals surface area contributed by atoms with Crippen LogP contribution >= 0.6 is 23.1 Å². The van der Waals surface area contributed by atoms with Crippen LogP contribution in [0.5, 0.6) is 0 Å². The van der Waals surface area contributed by atoms with Crippen LogP contribution in [0.1, 0.15) is 52.5 Å². The van der Waals surface area contributed by atoms with E-state index in [0.29, 0.717) is 16.5 Å². The van der Waals surface area contributed by atoms with Crippen LogP contribution in [0.15, 0.2) is 41.8 Å². The zero-order valence-electron chi connectivity index (χ0n) is 17.0. The van der Waals surface area contributed by atoms with Crippen LogP contribution in [-0.2, 0) is 17.6 Å². The average Bonchev–Trinajstić information content (AvgIpc) is 3.42. The number of rotatable bonds is 7. The summed E-state index contributed by atoms with van der Waals surface area (Å²) >= 11 is 2.83. The van der Waals surface area contributed by atoms with Gasteiger partial charge in [-0.2, -0.15) is 0 Å². The summed E-state index contributed by atoms with van der Waals surface area (Å²) in [5.74, 6) is 0.0233. The van der Waals surface area contributed by atoms with Gasteiger partial charge in [0.15, 0.2) is 5.16 Å². The highest BCUT2D eigenvalue weighted by molar-refractivity contribution is 7.99. The van der Waals surface area contributed by atoms with Crippen molar-refractivity contribution in [1.29, 1.82) is 0 Å². The molecule has 3 aromatic rings. The van der Waals surface area contributed by atoms with Crippen molar-refractivity contribution in [1.82, 2.24) is 9.55 Å². The molecule has 1 aliphatic rings. The van der Waals surface area contributed by atoms with E-state index in [1.54, 1.807) is 6.20 Å². The van der Waals surface area contributed by atoms with Crippen molar-refractivity contribution in [2.24, 2.45) is 5.73 Å². The molecule has 0 radical (unpaired) electrons. The number of thioether (sulfide) groups is 1. The van der Waals surface area contributed by atoms with Crippen LogP contribution in [0.3, 0.4) is 0 Å². The highest BCUT2D eigenvalue weighted by Gasteiger charge is 2.26. The molecule has 30 heavy (non-hydrogen) atoms. The van der Waals surface area contributed by atoms with Crippen LogP contribution in [0, 0.1) is 0 Å². The van der Waals surface area contributed by atoms with Crippen LogP contribution in [-0.4, -0.2) is 27.1 Å². The van der Waals surface area contributed by atoms with Gasteiger partial charge in [0.05, 0.1) is 11.3 Å². The summed E-state index contributed by atoms with van der Waals surface area (Å²) in [6.07, 6.45) is 6.44. The van der Waals surface area contributed by atoms with E-state index in [4.69, 9.17) is 5.73 Å². The van der Waals surface area contributed by atoms with Gasteiger partial charge in [-0.15, -0.1) is 11.3 Å². The van der Waals surface area contributed by atoms with Crippen molar-refractivity contribution in [2.45, 2.75) is 44.2 Å². The van der Waals surface area contributed by atoms with Crippen LogP contribution < -0.4 is 11.1 Å². The minimum atomic E-state index is -0.474. The number of hydrogen-bond donors (Lipinski definition) is 2. The summed E-state index contributed by atoms with van der Waals surface area (Å²) < 4.78 is 1.97. The first kappa shape index (κ1) is 20.7. The van der Waals surface area contributed by atoms with Gasteiger partial charge in [0, 0.05) is 23.0 Å². The number of carbonyl (C=O) groups excluding carboxylic acids is 2. The summed E-state index contributed by atoms with van der Waals surface area (Å²) in [4.78, 5) is 30.0. The number of anilines is 1. The molecule has 2 heterocycles. The lowest BCUT2D eigenvalue weighted by Gasteiger charge is -2.10. The molecule has 0 spiro atoms. The molecule has 0 fully saturated rings. The Morgan fingerprint density at radius 2 is 2.03 bits per heavy atom. The van der Waals surface area contributed by atoms with E-state index in [1.165, 1.54) is 28.7 Å². The Kier molecular flexibility index (Phi) is 5.97. The highest BCUT2D eigenvalue weighted by Crippen LogP contribution is 2.39. The highest BCUT2D eigenvalue weighted by atomic mass is 32.2. The van der Waals surface area contributed by atoms with E-state index in [-0.39, 0.29) is 11.7 Å². The molecule has 8 heteroatoms. The molecule has 1 aliphatic carbocycles. The van der Waals surface area contributed by atoms with Crippen LogP contribution in [0.25, 0.3) is 5.69 Å². The summed E-state index contributed by atoms with van der Waals surface area (Å²) in [5, 5.41) is 4.20. The van der Waals surface area contributed by atoms with Crippen LogP contribution in [0.2, 0.25) is 0 Å². The largest absolute Gasteiger partial charge is 0.365 e. The molecule has 3 N–H and O–H groups in total. The third-order valence-electron chi connectivity index (χ3n) is 5.20. The fourth-order valence-corrected chi connectivity index (χ4v) is 5.74. The van der Waals surface area contributed by atoms with Gasteiger partial charge >= 0.3 is 0 Å². The first-order valence-corrected chi connectivity index (χ1v) is 11.7. The Morgan fingerprint density at radius 1 is 1.27 bits per heavy atom. The lowest BCUT2D eigenvalue weighted by Crippen LogP contribution is -2.19. The molecule has 6 nitrogen and oxygen atoms in total. The number of nitrogens with one attached hydrogen (secondary N) is 1. The normalized spacial score (nSPS) is 12.9. The Hall–Kier alpha value is -2.58. The summed E-state index contributed by atoms with van der Waals surface area (Å²) in [7, 11) is 0. The number of amides is 2. The number of imidazole rings is 1. The fourth-order valence-electron chi connectivity index (χ4n) is 3.66. The molecule has 1 aromatic carbocycles. The molecular weight excluding hydrogens is 416 g/mol. The van der Waals surface area contributed by atoms with E-state index in [1.807, 2.05) is 10.8 Å². The van der Waals surface area contributed by atoms with Gasteiger partial charge in [-0.3, -0.25) is 14.2 Å². The molecule has 0 aliphatic heterocycles. The van der Waals surface area contributed by atoms with Gasteiger partial charge in [0.1, 0.15) is 5.00 Å². The number of carbonyl (C=O) groups is 2. The van der Waals surface area contributed by atoms with Gasteiger partial charge in [0.25, 0.3) is 5.91 Å². The maximum atomic E-state index is 12.6. The second-order valence-corrected chi connectivity index (χ2v) is 9.64. The maximum absolute atomic E-state index is 12.6. The Labute approximate surface area is 183 Å². The van der Waals surface area contributed by atoms with E-state index in [2.05, 4.69) is 48.4 Å². The molecule has 0 atom stereocenters. The number of nitrogens with zero attached hydrogens (tertiary/aromatic N) is 2. The first-order chi connectivity index (χ1) is 14.4. The lowest BCUT2D eigenvalue weighted by molar-refractivity contribution is -0.113. The number of nitrogens with two attached hydrogens (primary N) is 1. The van der Waals surface area contributed by atoms with Crippen molar-refractivity contribution >= 4 is 39.9 Å². The van der Waals surface area contributed by atoms with Crippen molar-refractivity contribution in [3.05, 3.63) is 58.2 Å². The SMILES string of the molecule is CC(C)c1ccc(-n2ccnc2SCC(=O)Nc2sc3c(c2C(N)=O)CCC3)cc1. The molecule has 0 unspecified atom stereocenters. The van der Waals surface area contributed by atoms with E-state index < -0.39 is 5.91 Å². The lowest BCUT2D eigenvalue weighted by atomic mass is 10.0. The third kappa shape index (κ3) is 4.15. The fraction of sp³-hybridized carbons (Fsp3) is 0.318. The number of primary amides is 1. The Bertz CT molecular complexity index is 1080. The molecular formula is C22H24N4O2S2. The van der Waals surface area contributed by atoms with Crippen molar-refractivity contribution in [3.63, 3.8) is 0 Å². The van der Waals surface area contributed by atoms with Crippen molar-refractivity contribution in [2.75, 3.05) is 11.1 Å². The van der Waals surface area contributed by atoms with Gasteiger partial charge in [-0.25, -0.2) is 4.98 Å². The number of aryl methyl sites for hydroxylation is 1. The molecule has 2 amide bonds. The summed E-state index contributed by atoms with van der Waals surface area (Å²) in [5.41, 5.74) is 9.35. The minimum Gasteiger partial charge on any atom is -0.365 e. The predicted octanol–water partition coefficient (Wildman–Crippen LogP) is 4.38. The molecule has 0 bridgehead atoms. The first-order valence-electron chi connectivity index (χ1n) is 9.94. The average molecular weight is 441 g/mol. The second-order valence-electron chi connectivity index (χ2n) is 7.59. The number of thiophene rings is 1. The predicted molar refractivity (Wildman–Crippen MR) is 122 cm³/mol. The number of aromatic nitrogens is 2. The monoisotopic (exact) mass is 440 g/mol. The van der Waals surface area contributed by atoms with Gasteiger partial charge in [-0.05, 0) is 48.4 Å². The molecule has 0 saturated heterocycles. The second kappa shape index (κ2) is 8.65. The quantitative estimate of drug-likeness (QED) is 0.534. The standard InChI is InChI=1S/C22H24N4O2S2/c1-13(2)14-6-8-15(9-7-14)26-11-10-24-22(26)29-12-18(27)25-21-19(20(23)28)16-4-3-5-17(16)30-21/h6-11,13H,3-5,12H2,1-2H3,(H2,23,28)(H,25,27). The van der Waals surface area contributed by atoms with Gasteiger partial charge in [-0.1, -0.05) is 37.7 Å².